The molecule has 0 spiro atoms. The Balaban J connectivity index is 1.93. The Bertz CT molecular complexity index is 196. The van der Waals surface area contributed by atoms with Crippen molar-refractivity contribution >= 4 is 0 Å². The van der Waals surface area contributed by atoms with Crippen molar-refractivity contribution in [3.05, 3.63) is 11.6 Å². The van der Waals surface area contributed by atoms with Crippen molar-refractivity contribution in [3.63, 3.8) is 0 Å². The van der Waals surface area contributed by atoms with Gasteiger partial charge in [-0.25, -0.2) is 0 Å². The standard InChI is InChI=1S/C14H24/c1-12-7-5-6-10-14(12)11-13-8-3-2-4-9-13/h11-13H,2-10H2,1H3/b14-11-. The summed E-state index contributed by atoms with van der Waals surface area (Å²) in [6.07, 6.45) is 15.8. The third-order valence-corrected chi connectivity index (χ3v) is 4.09. The van der Waals surface area contributed by atoms with Crippen LogP contribution in [-0.4, -0.2) is 0 Å². The van der Waals surface area contributed by atoms with E-state index in [2.05, 4.69) is 13.0 Å². The van der Waals surface area contributed by atoms with Gasteiger partial charge in [-0.3, -0.25) is 0 Å². The van der Waals surface area contributed by atoms with Gasteiger partial charge in [-0.05, 0) is 43.9 Å². The van der Waals surface area contributed by atoms with Crippen LogP contribution >= 0.6 is 0 Å². The molecule has 0 aliphatic heterocycles. The summed E-state index contributed by atoms with van der Waals surface area (Å²) in [6.45, 7) is 2.42. The van der Waals surface area contributed by atoms with Crippen LogP contribution in [0.4, 0.5) is 0 Å². The molecule has 2 aliphatic carbocycles. The van der Waals surface area contributed by atoms with Crippen LogP contribution in [0.1, 0.15) is 64.7 Å². The third-order valence-electron chi connectivity index (χ3n) is 4.09. The molecule has 0 bridgehead atoms. The Kier molecular flexibility index (Phi) is 3.67. The van der Waals surface area contributed by atoms with E-state index in [9.17, 15) is 0 Å². The van der Waals surface area contributed by atoms with Crippen LogP contribution in [0, 0.1) is 11.8 Å². The lowest BCUT2D eigenvalue weighted by atomic mass is 9.81. The highest BCUT2D eigenvalue weighted by Crippen LogP contribution is 2.33. The molecule has 0 aromatic rings. The van der Waals surface area contributed by atoms with Crippen molar-refractivity contribution in [3.8, 4) is 0 Å². The summed E-state index contributed by atoms with van der Waals surface area (Å²) in [5.41, 5.74) is 1.79. The average Bonchev–Trinajstić information content (AvgIpc) is 2.23. The minimum atomic E-state index is 0.894. The Hall–Kier alpha value is -0.260. The van der Waals surface area contributed by atoms with Crippen LogP contribution in [0.25, 0.3) is 0 Å². The average molecular weight is 192 g/mol. The first kappa shape index (κ1) is 10.3. The van der Waals surface area contributed by atoms with Gasteiger partial charge in [0, 0.05) is 0 Å². The molecule has 0 N–H and O–H groups in total. The topological polar surface area (TPSA) is 0 Å². The molecule has 2 aliphatic rings. The summed E-state index contributed by atoms with van der Waals surface area (Å²) >= 11 is 0. The summed E-state index contributed by atoms with van der Waals surface area (Å²) in [6, 6.07) is 0. The largest absolute Gasteiger partial charge is 0.0819 e. The maximum Gasteiger partial charge on any atom is -0.0231 e. The molecule has 0 aromatic heterocycles. The quantitative estimate of drug-likeness (QED) is 0.528. The molecule has 1 atom stereocenters. The van der Waals surface area contributed by atoms with Crippen molar-refractivity contribution in [1.82, 2.24) is 0 Å². The number of hydrogen-bond donors (Lipinski definition) is 0. The minimum absolute atomic E-state index is 0.894. The van der Waals surface area contributed by atoms with Crippen molar-refractivity contribution in [2.75, 3.05) is 0 Å². The van der Waals surface area contributed by atoms with Crippen LogP contribution < -0.4 is 0 Å². The fourth-order valence-electron chi connectivity index (χ4n) is 3.06. The first-order valence-electron chi connectivity index (χ1n) is 6.57. The summed E-state index contributed by atoms with van der Waals surface area (Å²) in [7, 11) is 0. The molecule has 14 heavy (non-hydrogen) atoms. The van der Waals surface area contributed by atoms with Crippen LogP contribution in [-0.2, 0) is 0 Å². The zero-order chi connectivity index (χ0) is 9.80. The highest BCUT2D eigenvalue weighted by Gasteiger charge is 2.17. The van der Waals surface area contributed by atoms with Gasteiger partial charge in [-0.2, -0.15) is 0 Å². The third kappa shape index (κ3) is 2.62. The van der Waals surface area contributed by atoms with Crippen LogP contribution in [0.5, 0.6) is 0 Å². The van der Waals surface area contributed by atoms with Crippen LogP contribution in [0.3, 0.4) is 0 Å². The predicted octanol–water partition coefficient (Wildman–Crippen LogP) is 4.70. The SMILES string of the molecule is CC1CCCC/C1=C/C1CCCCC1. The molecule has 0 heteroatoms. The van der Waals surface area contributed by atoms with Gasteiger partial charge < -0.3 is 0 Å². The van der Waals surface area contributed by atoms with Crippen molar-refractivity contribution < 1.29 is 0 Å². The van der Waals surface area contributed by atoms with E-state index in [0.717, 1.165) is 11.8 Å². The summed E-state index contributed by atoms with van der Waals surface area (Å²) < 4.78 is 0. The van der Waals surface area contributed by atoms with Gasteiger partial charge in [0.1, 0.15) is 0 Å². The lowest BCUT2D eigenvalue weighted by Crippen LogP contribution is -2.10. The van der Waals surface area contributed by atoms with Gasteiger partial charge in [0.05, 0.1) is 0 Å². The maximum absolute atomic E-state index is 2.66. The molecule has 1 unspecified atom stereocenters. The van der Waals surface area contributed by atoms with Crippen molar-refractivity contribution in [2.24, 2.45) is 11.8 Å². The molecular formula is C14H24. The number of allylic oxidation sites excluding steroid dienone is 2. The second-order valence-electron chi connectivity index (χ2n) is 5.29. The molecule has 2 saturated carbocycles. The van der Waals surface area contributed by atoms with E-state index in [-0.39, 0.29) is 0 Å². The van der Waals surface area contributed by atoms with Gasteiger partial charge in [-0.15, -0.1) is 0 Å². The van der Waals surface area contributed by atoms with E-state index >= 15 is 0 Å². The number of rotatable bonds is 1. The monoisotopic (exact) mass is 192 g/mol. The summed E-state index contributed by atoms with van der Waals surface area (Å²) in [5.74, 6) is 1.84. The Morgan fingerprint density at radius 2 is 1.64 bits per heavy atom. The highest BCUT2D eigenvalue weighted by molar-refractivity contribution is 5.10. The molecule has 0 amide bonds. The van der Waals surface area contributed by atoms with E-state index in [0.29, 0.717) is 0 Å². The molecule has 0 heterocycles. The Morgan fingerprint density at radius 3 is 2.36 bits per heavy atom. The minimum Gasteiger partial charge on any atom is -0.0819 e. The Morgan fingerprint density at radius 1 is 0.929 bits per heavy atom. The van der Waals surface area contributed by atoms with Crippen molar-refractivity contribution in [2.45, 2.75) is 64.7 Å². The maximum atomic E-state index is 2.66. The van der Waals surface area contributed by atoms with E-state index in [1.165, 1.54) is 57.8 Å². The smallest absolute Gasteiger partial charge is 0.0231 e. The fraction of sp³-hybridized carbons (Fsp3) is 0.857. The molecule has 80 valence electrons. The predicted molar refractivity (Wildman–Crippen MR) is 62.3 cm³/mol. The highest BCUT2D eigenvalue weighted by atomic mass is 14.2. The zero-order valence-electron chi connectivity index (χ0n) is 9.60. The molecule has 0 saturated heterocycles. The molecule has 2 rings (SSSR count). The van der Waals surface area contributed by atoms with Gasteiger partial charge >= 0.3 is 0 Å². The first-order chi connectivity index (χ1) is 6.86. The molecule has 0 radical (unpaired) electrons. The van der Waals surface area contributed by atoms with E-state index in [4.69, 9.17) is 0 Å². The molecule has 2 fully saturated rings. The lowest BCUT2D eigenvalue weighted by molar-refractivity contribution is 0.406. The summed E-state index contributed by atoms with van der Waals surface area (Å²) in [5, 5.41) is 0. The van der Waals surface area contributed by atoms with Gasteiger partial charge in [0.2, 0.25) is 0 Å². The van der Waals surface area contributed by atoms with E-state index in [1.807, 2.05) is 0 Å². The summed E-state index contributed by atoms with van der Waals surface area (Å²) in [4.78, 5) is 0. The molecular weight excluding hydrogens is 168 g/mol. The molecule has 0 nitrogen and oxygen atoms in total. The molecule has 0 aromatic carbocycles. The van der Waals surface area contributed by atoms with Crippen LogP contribution in [0.15, 0.2) is 11.6 Å². The van der Waals surface area contributed by atoms with Gasteiger partial charge in [0.25, 0.3) is 0 Å². The zero-order valence-corrected chi connectivity index (χ0v) is 9.60. The van der Waals surface area contributed by atoms with Gasteiger partial charge in [-0.1, -0.05) is 44.3 Å². The van der Waals surface area contributed by atoms with E-state index in [1.54, 1.807) is 5.57 Å². The first-order valence-corrected chi connectivity index (χ1v) is 6.57. The van der Waals surface area contributed by atoms with E-state index < -0.39 is 0 Å². The van der Waals surface area contributed by atoms with Crippen molar-refractivity contribution in [1.29, 1.82) is 0 Å². The second kappa shape index (κ2) is 5.00. The van der Waals surface area contributed by atoms with Gasteiger partial charge in [0.15, 0.2) is 0 Å². The normalized spacial score (nSPS) is 33.5. The fourth-order valence-corrected chi connectivity index (χ4v) is 3.06. The lowest BCUT2D eigenvalue weighted by Gasteiger charge is -2.25. The Labute approximate surface area is 88.8 Å². The van der Waals surface area contributed by atoms with Crippen LogP contribution in [0.2, 0.25) is 0 Å². The number of hydrogen-bond acceptors (Lipinski definition) is 0. The second-order valence-corrected chi connectivity index (χ2v) is 5.29.